The second-order valence-electron chi connectivity index (χ2n) is 6.07. The van der Waals surface area contributed by atoms with E-state index < -0.39 is 11.9 Å². The Labute approximate surface area is 163 Å². The van der Waals surface area contributed by atoms with E-state index in [9.17, 15) is 14.4 Å². The minimum absolute atomic E-state index is 0.107. The number of nitrogens with two attached hydrogens (primary N) is 1. The van der Waals surface area contributed by atoms with Crippen molar-refractivity contribution in [1.82, 2.24) is 20.5 Å². The molecule has 0 saturated heterocycles. The molecular weight excluding hydrogens is 366 g/mol. The monoisotopic (exact) mass is 391 g/mol. The molecular formula is C18H25N5O3S. The molecule has 8 nitrogen and oxygen atoms in total. The van der Waals surface area contributed by atoms with Gasteiger partial charge in [0, 0.05) is 30.2 Å². The maximum atomic E-state index is 12.6. The highest BCUT2D eigenvalue weighted by Gasteiger charge is 2.22. The molecule has 1 heterocycles. The van der Waals surface area contributed by atoms with Crippen LogP contribution >= 0.6 is 12.6 Å². The van der Waals surface area contributed by atoms with Crippen LogP contribution in [0.2, 0.25) is 0 Å². The zero-order chi connectivity index (χ0) is 19.8. The summed E-state index contributed by atoms with van der Waals surface area (Å²) in [6.45, 7) is 0.769. The summed E-state index contributed by atoms with van der Waals surface area (Å²) in [5.74, 6) is -1.05. The summed E-state index contributed by atoms with van der Waals surface area (Å²) in [4.78, 5) is 36.5. The highest BCUT2D eigenvalue weighted by molar-refractivity contribution is 7.80. The lowest BCUT2D eigenvalue weighted by Crippen LogP contribution is -2.50. The van der Waals surface area contributed by atoms with Gasteiger partial charge >= 0.3 is 0 Å². The van der Waals surface area contributed by atoms with Crippen molar-refractivity contribution in [1.29, 1.82) is 0 Å². The quantitative estimate of drug-likeness (QED) is 0.300. The van der Waals surface area contributed by atoms with E-state index in [1.807, 2.05) is 24.3 Å². The van der Waals surface area contributed by atoms with Gasteiger partial charge in [0.2, 0.25) is 11.8 Å². The Morgan fingerprint density at radius 1 is 1.22 bits per heavy atom. The van der Waals surface area contributed by atoms with Gasteiger partial charge in [0.25, 0.3) is 5.91 Å². The molecule has 0 bridgehead atoms. The molecule has 9 heteroatoms. The SMILES string of the molecule is Cn1c(C(=O)N[C@@H](CS)C(=O)NCC(=O)NCCCN)cc2ccccc21. The van der Waals surface area contributed by atoms with Crippen LogP contribution in [-0.2, 0) is 16.6 Å². The first-order chi connectivity index (χ1) is 13.0. The highest BCUT2D eigenvalue weighted by atomic mass is 32.1. The zero-order valence-corrected chi connectivity index (χ0v) is 16.1. The summed E-state index contributed by atoms with van der Waals surface area (Å²) in [5.41, 5.74) is 6.71. The Morgan fingerprint density at radius 3 is 2.63 bits per heavy atom. The molecule has 0 fully saturated rings. The number of amides is 3. The molecule has 146 valence electrons. The second-order valence-corrected chi connectivity index (χ2v) is 6.43. The molecule has 0 aliphatic heterocycles. The number of rotatable bonds is 9. The van der Waals surface area contributed by atoms with Crippen molar-refractivity contribution < 1.29 is 14.4 Å². The summed E-state index contributed by atoms with van der Waals surface area (Å²) < 4.78 is 1.77. The van der Waals surface area contributed by atoms with Crippen LogP contribution < -0.4 is 21.7 Å². The molecule has 3 amide bonds. The standard InChI is InChI=1S/C18H25N5O3S/c1-23-14-6-3-2-5-12(14)9-15(23)18(26)22-13(11-27)17(25)21-10-16(24)20-8-4-7-19/h2-3,5-6,9,13,27H,4,7-8,10-11,19H2,1H3,(H,20,24)(H,21,25)(H,22,26)/t13-/m0/s1. The van der Waals surface area contributed by atoms with E-state index in [1.54, 1.807) is 17.7 Å². The smallest absolute Gasteiger partial charge is 0.268 e. The lowest BCUT2D eigenvalue weighted by Gasteiger charge is -2.16. The van der Waals surface area contributed by atoms with Crippen LogP contribution in [0.4, 0.5) is 0 Å². The van der Waals surface area contributed by atoms with Crippen LogP contribution in [0.15, 0.2) is 30.3 Å². The minimum atomic E-state index is -0.851. The summed E-state index contributed by atoms with van der Waals surface area (Å²) in [6.07, 6.45) is 0.667. The number of carbonyl (C=O) groups excluding carboxylic acids is 3. The van der Waals surface area contributed by atoms with Crippen molar-refractivity contribution in [3.8, 4) is 0 Å². The number of aryl methyl sites for hydroxylation is 1. The number of nitrogens with one attached hydrogen (secondary N) is 3. The van der Waals surface area contributed by atoms with Crippen molar-refractivity contribution in [2.24, 2.45) is 12.8 Å². The molecule has 0 saturated carbocycles. The predicted octanol–water partition coefficient (Wildman–Crippen LogP) is -0.212. The molecule has 0 spiro atoms. The number of thiol groups is 1. The average molecular weight is 391 g/mol. The molecule has 2 aromatic rings. The first-order valence-electron chi connectivity index (χ1n) is 8.68. The first kappa shape index (κ1) is 20.8. The van der Waals surface area contributed by atoms with E-state index in [-0.39, 0.29) is 24.1 Å². The Bertz CT molecular complexity index is 820. The molecule has 0 aliphatic rings. The van der Waals surface area contributed by atoms with Gasteiger partial charge in [-0.2, -0.15) is 12.6 Å². The van der Waals surface area contributed by atoms with Gasteiger partial charge in [0.15, 0.2) is 0 Å². The van der Waals surface area contributed by atoms with Gasteiger partial charge in [-0.25, -0.2) is 0 Å². The second kappa shape index (κ2) is 9.98. The third-order valence-corrected chi connectivity index (χ3v) is 4.48. The molecule has 1 aromatic heterocycles. The van der Waals surface area contributed by atoms with Crippen LogP contribution in [0.25, 0.3) is 10.9 Å². The predicted molar refractivity (Wildman–Crippen MR) is 108 cm³/mol. The number of hydrogen-bond acceptors (Lipinski definition) is 5. The number of aromatic nitrogens is 1. The van der Waals surface area contributed by atoms with Crippen molar-refractivity contribution in [2.75, 3.05) is 25.4 Å². The van der Waals surface area contributed by atoms with Crippen molar-refractivity contribution in [2.45, 2.75) is 12.5 Å². The summed E-state index contributed by atoms with van der Waals surface area (Å²) >= 11 is 4.13. The fraction of sp³-hybridized carbons (Fsp3) is 0.389. The van der Waals surface area contributed by atoms with Crippen molar-refractivity contribution in [3.05, 3.63) is 36.0 Å². The van der Waals surface area contributed by atoms with Crippen LogP contribution in [0.3, 0.4) is 0 Å². The molecule has 1 atom stereocenters. The average Bonchev–Trinajstić information content (AvgIpc) is 3.01. The third kappa shape index (κ3) is 5.48. The Hall–Kier alpha value is -2.52. The number of fused-ring (bicyclic) bond motifs is 1. The molecule has 1 aromatic carbocycles. The van der Waals surface area contributed by atoms with Gasteiger partial charge in [0.05, 0.1) is 6.54 Å². The topological polar surface area (TPSA) is 118 Å². The van der Waals surface area contributed by atoms with E-state index in [4.69, 9.17) is 5.73 Å². The largest absolute Gasteiger partial charge is 0.355 e. The van der Waals surface area contributed by atoms with Crippen molar-refractivity contribution >= 4 is 41.3 Å². The number of para-hydroxylation sites is 1. The van der Waals surface area contributed by atoms with E-state index in [0.717, 1.165) is 10.9 Å². The molecule has 5 N–H and O–H groups in total. The number of hydrogen-bond donors (Lipinski definition) is 5. The number of carbonyl (C=O) groups is 3. The van der Waals surface area contributed by atoms with E-state index in [1.165, 1.54) is 0 Å². The Kier molecular flexibility index (Phi) is 7.68. The van der Waals surface area contributed by atoms with Crippen LogP contribution in [0.1, 0.15) is 16.9 Å². The molecule has 2 rings (SSSR count). The maximum Gasteiger partial charge on any atom is 0.268 e. The third-order valence-electron chi connectivity index (χ3n) is 4.11. The normalized spacial score (nSPS) is 11.8. The molecule has 0 aliphatic carbocycles. The summed E-state index contributed by atoms with van der Waals surface area (Å²) in [5, 5.41) is 8.75. The van der Waals surface area contributed by atoms with Gasteiger partial charge in [-0.3, -0.25) is 14.4 Å². The van der Waals surface area contributed by atoms with E-state index >= 15 is 0 Å². The molecule has 0 unspecified atom stereocenters. The fourth-order valence-electron chi connectivity index (χ4n) is 2.62. The Morgan fingerprint density at radius 2 is 1.96 bits per heavy atom. The number of nitrogens with zero attached hydrogens (tertiary/aromatic N) is 1. The van der Waals surface area contributed by atoms with Crippen molar-refractivity contribution in [3.63, 3.8) is 0 Å². The van der Waals surface area contributed by atoms with Gasteiger partial charge in [0.1, 0.15) is 11.7 Å². The summed E-state index contributed by atoms with van der Waals surface area (Å²) in [7, 11) is 1.79. The molecule has 27 heavy (non-hydrogen) atoms. The highest BCUT2D eigenvalue weighted by Crippen LogP contribution is 2.18. The summed E-state index contributed by atoms with van der Waals surface area (Å²) in [6, 6.07) is 8.54. The fourth-order valence-corrected chi connectivity index (χ4v) is 2.87. The molecule has 0 radical (unpaired) electrons. The van der Waals surface area contributed by atoms with Crippen LogP contribution in [0.5, 0.6) is 0 Å². The van der Waals surface area contributed by atoms with Crippen LogP contribution in [0, 0.1) is 0 Å². The zero-order valence-electron chi connectivity index (χ0n) is 15.2. The van der Waals surface area contributed by atoms with Gasteiger partial charge in [-0.05, 0) is 25.1 Å². The lowest BCUT2D eigenvalue weighted by molar-refractivity contribution is -0.126. The van der Waals surface area contributed by atoms with Gasteiger partial charge < -0.3 is 26.3 Å². The minimum Gasteiger partial charge on any atom is -0.355 e. The van der Waals surface area contributed by atoms with Crippen LogP contribution in [-0.4, -0.2) is 53.7 Å². The Balaban J connectivity index is 1.94. The maximum absolute atomic E-state index is 12.6. The first-order valence-corrected chi connectivity index (χ1v) is 9.31. The van der Waals surface area contributed by atoms with Gasteiger partial charge in [-0.1, -0.05) is 18.2 Å². The van der Waals surface area contributed by atoms with E-state index in [2.05, 4.69) is 28.6 Å². The lowest BCUT2D eigenvalue weighted by atomic mass is 10.2. The number of benzene rings is 1. The van der Waals surface area contributed by atoms with E-state index in [0.29, 0.717) is 25.2 Å². The van der Waals surface area contributed by atoms with Gasteiger partial charge in [-0.15, -0.1) is 0 Å².